The van der Waals surface area contributed by atoms with Gasteiger partial charge in [-0.2, -0.15) is 0 Å². The molecule has 2 fully saturated rings. The Morgan fingerprint density at radius 1 is 1.16 bits per heavy atom. The summed E-state index contributed by atoms with van der Waals surface area (Å²) < 4.78 is 17.4. The second kappa shape index (κ2) is 6.91. The average Bonchev–Trinajstić information content (AvgIpc) is 2.76. The van der Waals surface area contributed by atoms with Crippen LogP contribution in [0.5, 0.6) is 0 Å². The highest BCUT2D eigenvalue weighted by molar-refractivity contribution is 6.65. The molecule has 7 heteroatoms. The third-order valence-corrected chi connectivity index (χ3v) is 5.65. The molecule has 0 unspecified atom stereocenters. The van der Waals surface area contributed by atoms with Gasteiger partial charge in [0, 0.05) is 35.3 Å². The Morgan fingerprint density at radius 3 is 2.32 bits per heavy atom. The van der Waals surface area contributed by atoms with Gasteiger partial charge < -0.3 is 19.4 Å². The number of rotatable bonds is 3. The standard InChI is InChI=1S/C18H25BClNO4/c1-17(2)18(3,4)25-19(24-17)14-6-5-12(11-15(14)20)16(22)21-13-7-9-23-10-8-13/h5-6,11,13H,7-10H2,1-4H3,(H,21,22). The van der Waals surface area contributed by atoms with E-state index in [1.165, 1.54) is 0 Å². The number of benzene rings is 1. The van der Waals surface area contributed by atoms with Crippen LogP contribution in [0.3, 0.4) is 0 Å². The van der Waals surface area contributed by atoms with Gasteiger partial charge in [0.2, 0.25) is 0 Å². The summed E-state index contributed by atoms with van der Waals surface area (Å²) in [6.07, 6.45) is 1.68. The zero-order valence-electron chi connectivity index (χ0n) is 15.2. The first-order chi connectivity index (χ1) is 11.7. The molecule has 2 aliphatic heterocycles. The summed E-state index contributed by atoms with van der Waals surface area (Å²) >= 11 is 6.42. The summed E-state index contributed by atoms with van der Waals surface area (Å²) in [7, 11) is -0.537. The van der Waals surface area contributed by atoms with Crippen molar-refractivity contribution in [1.82, 2.24) is 5.32 Å². The Morgan fingerprint density at radius 2 is 1.76 bits per heavy atom. The number of carbonyl (C=O) groups is 1. The number of nitrogens with one attached hydrogen (secondary N) is 1. The molecule has 0 radical (unpaired) electrons. The molecule has 0 bridgehead atoms. The summed E-state index contributed by atoms with van der Waals surface area (Å²) in [5, 5.41) is 3.51. The molecule has 25 heavy (non-hydrogen) atoms. The third kappa shape index (κ3) is 3.87. The minimum atomic E-state index is -0.537. The lowest BCUT2D eigenvalue weighted by Gasteiger charge is -2.32. The van der Waals surface area contributed by atoms with Crippen molar-refractivity contribution in [2.24, 2.45) is 0 Å². The smallest absolute Gasteiger partial charge is 0.399 e. The number of halogens is 1. The van der Waals surface area contributed by atoms with Crippen molar-refractivity contribution in [2.75, 3.05) is 13.2 Å². The van der Waals surface area contributed by atoms with E-state index in [-0.39, 0.29) is 11.9 Å². The zero-order chi connectivity index (χ0) is 18.2. The molecule has 1 aromatic carbocycles. The highest BCUT2D eigenvalue weighted by atomic mass is 35.5. The molecular weight excluding hydrogens is 340 g/mol. The van der Waals surface area contributed by atoms with E-state index in [2.05, 4.69) is 5.32 Å². The minimum absolute atomic E-state index is 0.116. The second-order valence-electron chi connectivity index (χ2n) is 7.68. The van der Waals surface area contributed by atoms with Gasteiger partial charge in [0.25, 0.3) is 5.91 Å². The summed E-state index contributed by atoms with van der Waals surface area (Å²) in [6, 6.07) is 5.41. The van der Waals surface area contributed by atoms with Crippen molar-refractivity contribution in [2.45, 2.75) is 57.8 Å². The Kier molecular flexibility index (Phi) is 5.17. The van der Waals surface area contributed by atoms with Gasteiger partial charge in [-0.15, -0.1) is 0 Å². The number of ether oxygens (including phenoxy) is 1. The molecule has 2 aliphatic rings. The zero-order valence-corrected chi connectivity index (χ0v) is 16.0. The van der Waals surface area contributed by atoms with E-state index in [0.717, 1.165) is 18.3 Å². The highest BCUT2D eigenvalue weighted by Gasteiger charge is 2.52. The molecule has 136 valence electrons. The van der Waals surface area contributed by atoms with Gasteiger partial charge in [-0.05, 0) is 52.7 Å². The van der Waals surface area contributed by atoms with E-state index in [1.807, 2.05) is 33.8 Å². The average molecular weight is 366 g/mol. The first kappa shape index (κ1) is 18.7. The van der Waals surface area contributed by atoms with Crippen LogP contribution in [-0.2, 0) is 14.0 Å². The van der Waals surface area contributed by atoms with E-state index in [1.54, 1.807) is 12.1 Å². The van der Waals surface area contributed by atoms with Crippen LogP contribution in [-0.4, -0.2) is 43.5 Å². The van der Waals surface area contributed by atoms with E-state index < -0.39 is 18.3 Å². The van der Waals surface area contributed by atoms with Crippen LogP contribution in [0, 0.1) is 0 Å². The maximum absolute atomic E-state index is 12.4. The second-order valence-corrected chi connectivity index (χ2v) is 8.09. The number of carbonyl (C=O) groups excluding carboxylic acids is 1. The van der Waals surface area contributed by atoms with Gasteiger partial charge in [0.1, 0.15) is 0 Å². The third-order valence-electron chi connectivity index (χ3n) is 5.33. The van der Waals surface area contributed by atoms with Gasteiger partial charge in [-0.3, -0.25) is 4.79 Å². The molecule has 0 spiro atoms. The number of hydrogen-bond acceptors (Lipinski definition) is 4. The summed E-state index contributed by atoms with van der Waals surface area (Å²) in [4.78, 5) is 12.4. The fraction of sp³-hybridized carbons (Fsp3) is 0.611. The molecule has 2 heterocycles. The van der Waals surface area contributed by atoms with E-state index in [0.29, 0.717) is 23.8 Å². The lowest BCUT2D eigenvalue weighted by molar-refractivity contribution is 0.00578. The Balaban J connectivity index is 1.72. The van der Waals surface area contributed by atoms with E-state index in [9.17, 15) is 4.79 Å². The fourth-order valence-electron chi connectivity index (χ4n) is 2.94. The van der Waals surface area contributed by atoms with Crippen LogP contribution in [0.25, 0.3) is 0 Å². The number of amides is 1. The van der Waals surface area contributed by atoms with Crippen LogP contribution in [0.1, 0.15) is 50.9 Å². The number of hydrogen-bond donors (Lipinski definition) is 1. The lowest BCUT2D eigenvalue weighted by atomic mass is 9.78. The van der Waals surface area contributed by atoms with Crippen molar-refractivity contribution in [3.05, 3.63) is 28.8 Å². The Labute approximate surface area is 154 Å². The molecule has 0 saturated carbocycles. The van der Waals surface area contributed by atoms with Gasteiger partial charge in [0.15, 0.2) is 0 Å². The first-order valence-electron chi connectivity index (χ1n) is 8.73. The van der Waals surface area contributed by atoms with Crippen LogP contribution in [0.15, 0.2) is 18.2 Å². The summed E-state index contributed by atoms with van der Waals surface area (Å²) in [6.45, 7) is 9.36. The monoisotopic (exact) mass is 365 g/mol. The van der Waals surface area contributed by atoms with Gasteiger partial charge in [-0.25, -0.2) is 0 Å². The molecule has 1 N–H and O–H groups in total. The molecule has 0 aliphatic carbocycles. The van der Waals surface area contributed by atoms with Crippen molar-refractivity contribution < 1.29 is 18.8 Å². The molecule has 1 amide bonds. The molecule has 0 atom stereocenters. The van der Waals surface area contributed by atoms with Gasteiger partial charge in [0.05, 0.1) is 11.2 Å². The van der Waals surface area contributed by atoms with Crippen LogP contribution in [0.2, 0.25) is 5.02 Å². The first-order valence-corrected chi connectivity index (χ1v) is 9.11. The Hall–Kier alpha value is -1.08. The lowest BCUT2D eigenvalue weighted by Crippen LogP contribution is -2.41. The molecule has 3 rings (SSSR count). The molecular formula is C18H25BClNO4. The fourth-order valence-corrected chi connectivity index (χ4v) is 3.21. The quantitative estimate of drug-likeness (QED) is 0.836. The minimum Gasteiger partial charge on any atom is -0.399 e. The van der Waals surface area contributed by atoms with Crippen molar-refractivity contribution in [1.29, 1.82) is 0 Å². The van der Waals surface area contributed by atoms with E-state index in [4.69, 9.17) is 25.6 Å². The Bertz CT molecular complexity index is 642. The van der Waals surface area contributed by atoms with Gasteiger partial charge >= 0.3 is 7.12 Å². The highest BCUT2D eigenvalue weighted by Crippen LogP contribution is 2.37. The molecule has 1 aromatic rings. The SMILES string of the molecule is CC1(C)OB(c2ccc(C(=O)NC3CCOCC3)cc2Cl)OC1(C)C. The van der Waals surface area contributed by atoms with Crippen molar-refractivity contribution in [3.8, 4) is 0 Å². The topological polar surface area (TPSA) is 56.8 Å². The molecule has 0 aromatic heterocycles. The van der Waals surface area contributed by atoms with Crippen LogP contribution >= 0.6 is 11.6 Å². The molecule has 5 nitrogen and oxygen atoms in total. The summed E-state index contributed by atoms with van der Waals surface area (Å²) in [5.41, 5.74) is 0.417. The van der Waals surface area contributed by atoms with Crippen molar-refractivity contribution in [3.63, 3.8) is 0 Å². The predicted molar refractivity (Wildman–Crippen MR) is 98.5 cm³/mol. The maximum Gasteiger partial charge on any atom is 0.496 e. The van der Waals surface area contributed by atoms with Crippen LogP contribution < -0.4 is 10.8 Å². The maximum atomic E-state index is 12.4. The largest absolute Gasteiger partial charge is 0.496 e. The van der Waals surface area contributed by atoms with E-state index >= 15 is 0 Å². The van der Waals surface area contributed by atoms with Crippen LogP contribution in [0.4, 0.5) is 0 Å². The van der Waals surface area contributed by atoms with Gasteiger partial charge in [-0.1, -0.05) is 17.7 Å². The van der Waals surface area contributed by atoms with Crippen molar-refractivity contribution >= 4 is 30.1 Å². The normalized spacial score (nSPS) is 22.8. The molecule has 2 saturated heterocycles. The summed E-state index contributed by atoms with van der Waals surface area (Å²) in [5.74, 6) is -0.116. The predicted octanol–water partition coefficient (Wildman–Crippen LogP) is 2.55.